The van der Waals surface area contributed by atoms with Gasteiger partial charge in [-0.3, -0.25) is 4.79 Å². The van der Waals surface area contributed by atoms with Gasteiger partial charge in [0.25, 0.3) is 0 Å². The molecule has 0 spiro atoms. The van der Waals surface area contributed by atoms with Gasteiger partial charge in [-0.1, -0.05) is 0 Å². The van der Waals surface area contributed by atoms with Crippen molar-refractivity contribution in [3.63, 3.8) is 0 Å². The maximum absolute atomic E-state index is 10.3. The molecule has 0 aliphatic carbocycles. The number of carbonyl (C=O) groups is 1. The van der Waals surface area contributed by atoms with Crippen molar-refractivity contribution in [3.05, 3.63) is 24.3 Å². The standard InChI is InChI=1S/C7H9N3O2.ClH/c8-6(1-7(11)12)5-2-9-4-10-3-5;/h2-4,6H,1,8H2,(H,11,12);1H/t6-;/m0./s1. The summed E-state index contributed by atoms with van der Waals surface area (Å²) >= 11 is 0. The average Bonchev–Trinajstić information content (AvgIpc) is 2.05. The molecule has 0 saturated carbocycles. The molecule has 0 bridgehead atoms. The van der Waals surface area contributed by atoms with Gasteiger partial charge >= 0.3 is 5.97 Å². The van der Waals surface area contributed by atoms with Crippen molar-refractivity contribution >= 4 is 18.4 Å². The lowest BCUT2D eigenvalue weighted by Gasteiger charge is -2.06. The number of halogens is 1. The number of hydrogen-bond donors (Lipinski definition) is 2. The van der Waals surface area contributed by atoms with Gasteiger partial charge in [-0.2, -0.15) is 0 Å². The van der Waals surface area contributed by atoms with Gasteiger partial charge in [-0.15, -0.1) is 12.4 Å². The van der Waals surface area contributed by atoms with Crippen molar-refractivity contribution in [1.82, 2.24) is 9.97 Å². The first-order valence-corrected chi connectivity index (χ1v) is 3.42. The first kappa shape index (κ1) is 11.8. The van der Waals surface area contributed by atoms with Crippen LogP contribution in [0.25, 0.3) is 0 Å². The van der Waals surface area contributed by atoms with E-state index in [9.17, 15) is 4.79 Å². The summed E-state index contributed by atoms with van der Waals surface area (Å²) in [6.45, 7) is 0. The van der Waals surface area contributed by atoms with Gasteiger partial charge in [-0.05, 0) is 0 Å². The third-order valence-electron chi connectivity index (χ3n) is 1.40. The molecule has 13 heavy (non-hydrogen) atoms. The minimum absolute atomic E-state index is 0. The lowest BCUT2D eigenvalue weighted by molar-refractivity contribution is -0.137. The van der Waals surface area contributed by atoms with Crippen molar-refractivity contribution in [3.8, 4) is 0 Å². The molecule has 0 radical (unpaired) electrons. The lowest BCUT2D eigenvalue weighted by atomic mass is 10.1. The second kappa shape index (κ2) is 5.45. The van der Waals surface area contributed by atoms with E-state index in [0.29, 0.717) is 5.56 Å². The number of aliphatic carboxylic acids is 1. The highest BCUT2D eigenvalue weighted by Crippen LogP contribution is 2.10. The Kier molecular flexibility index (Phi) is 4.94. The van der Waals surface area contributed by atoms with Crippen LogP contribution in [0.15, 0.2) is 18.7 Å². The monoisotopic (exact) mass is 203 g/mol. The number of hydrogen-bond acceptors (Lipinski definition) is 4. The molecule has 0 amide bonds. The first-order chi connectivity index (χ1) is 5.70. The Bertz CT molecular complexity index is 268. The Balaban J connectivity index is 0.00000144. The van der Waals surface area contributed by atoms with Crippen LogP contribution in [0, 0.1) is 0 Å². The van der Waals surface area contributed by atoms with Crippen molar-refractivity contribution in [2.24, 2.45) is 5.73 Å². The minimum atomic E-state index is -0.925. The molecule has 3 N–H and O–H groups in total. The van der Waals surface area contributed by atoms with E-state index in [2.05, 4.69) is 9.97 Å². The number of carboxylic acids is 1. The van der Waals surface area contributed by atoms with Crippen molar-refractivity contribution in [2.75, 3.05) is 0 Å². The quantitative estimate of drug-likeness (QED) is 0.741. The first-order valence-electron chi connectivity index (χ1n) is 3.42. The molecule has 0 aliphatic heterocycles. The fourth-order valence-corrected chi connectivity index (χ4v) is 0.808. The highest BCUT2D eigenvalue weighted by atomic mass is 35.5. The maximum Gasteiger partial charge on any atom is 0.305 e. The van der Waals surface area contributed by atoms with E-state index in [1.165, 1.54) is 18.7 Å². The van der Waals surface area contributed by atoms with Crippen molar-refractivity contribution in [2.45, 2.75) is 12.5 Å². The van der Waals surface area contributed by atoms with Gasteiger partial charge in [0.15, 0.2) is 0 Å². The third-order valence-corrected chi connectivity index (χ3v) is 1.40. The van der Waals surface area contributed by atoms with Gasteiger partial charge in [0.2, 0.25) is 0 Å². The number of nitrogens with two attached hydrogens (primary N) is 1. The Morgan fingerprint density at radius 1 is 1.54 bits per heavy atom. The molecule has 0 aliphatic rings. The SMILES string of the molecule is Cl.N[C@@H](CC(=O)O)c1cncnc1. The van der Waals surface area contributed by atoms with E-state index in [1.807, 2.05) is 0 Å². The fourth-order valence-electron chi connectivity index (χ4n) is 0.808. The molecule has 1 aromatic heterocycles. The highest BCUT2D eigenvalue weighted by molar-refractivity contribution is 5.85. The molecule has 0 fully saturated rings. The summed E-state index contributed by atoms with van der Waals surface area (Å²) in [4.78, 5) is 17.7. The molecule has 1 rings (SSSR count). The Morgan fingerprint density at radius 3 is 2.54 bits per heavy atom. The number of carboxylic acid groups (broad SMARTS) is 1. The van der Waals surface area contributed by atoms with Crippen molar-refractivity contribution < 1.29 is 9.90 Å². The van der Waals surface area contributed by atoms with Crippen LogP contribution in [0.3, 0.4) is 0 Å². The predicted molar refractivity (Wildman–Crippen MR) is 48.5 cm³/mol. The molecule has 0 unspecified atom stereocenters. The Labute approximate surface area is 81.4 Å². The summed E-state index contributed by atoms with van der Waals surface area (Å²) in [7, 11) is 0. The van der Waals surface area contributed by atoms with E-state index in [1.54, 1.807) is 0 Å². The molecule has 5 nitrogen and oxygen atoms in total. The summed E-state index contributed by atoms with van der Waals surface area (Å²) in [5.41, 5.74) is 6.17. The number of rotatable bonds is 3. The molecule has 72 valence electrons. The average molecular weight is 204 g/mol. The normalized spacial score (nSPS) is 11.5. The van der Waals surface area contributed by atoms with Crippen LogP contribution < -0.4 is 5.73 Å². The zero-order valence-electron chi connectivity index (χ0n) is 6.75. The van der Waals surface area contributed by atoms with E-state index in [0.717, 1.165) is 0 Å². The van der Waals surface area contributed by atoms with E-state index < -0.39 is 12.0 Å². The van der Waals surface area contributed by atoms with Crippen LogP contribution >= 0.6 is 12.4 Å². The molecule has 1 aromatic rings. The van der Waals surface area contributed by atoms with Crippen LogP contribution in [-0.4, -0.2) is 21.0 Å². The van der Waals surface area contributed by atoms with Crippen LogP contribution in [0.5, 0.6) is 0 Å². The molecule has 1 atom stereocenters. The topological polar surface area (TPSA) is 89.1 Å². The third kappa shape index (κ3) is 3.82. The summed E-state index contributed by atoms with van der Waals surface area (Å²) in [5, 5.41) is 8.42. The second-order valence-electron chi connectivity index (χ2n) is 2.38. The number of aromatic nitrogens is 2. The molecular weight excluding hydrogens is 194 g/mol. The fraction of sp³-hybridized carbons (Fsp3) is 0.286. The van der Waals surface area contributed by atoms with Crippen LogP contribution in [-0.2, 0) is 4.79 Å². The van der Waals surface area contributed by atoms with Gasteiger partial charge in [0.05, 0.1) is 6.42 Å². The zero-order chi connectivity index (χ0) is 8.97. The molecule has 0 aromatic carbocycles. The van der Waals surface area contributed by atoms with Crippen LogP contribution in [0.4, 0.5) is 0 Å². The highest BCUT2D eigenvalue weighted by Gasteiger charge is 2.10. The van der Waals surface area contributed by atoms with E-state index in [4.69, 9.17) is 10.8 Å². The van der Waals surface area contributed by atoms with Crippen molar-refractivity contribution in [1.29, 1.82) is 0 Å². The molecular formula is C7H10ClN3O2. The lowest BCUT2D eigenvalue weighted by Crippen LogP contribution is -2.15. The minimum Gasteiger partial charge on any atom is -0.481 e. The molecule has 6 heteroatoms. The molecule has 0 saturated heterocycles. The van der Waals surface area contributed by atoms with E-state index in [-0.39, 0.29) is 18.8 Å². The predicted octanol–water partition coefficient (Wildman–Crippen LogP) is 0.373. The van der Waals surface area contributed by atoms with Crippen LogP contribution in [0.2, 0.25) is 0 Å². The molecule has 1 heterocycles. The van der Waals surface area contributed by atoms with E-state index >= 15 is 0 Å². The summed E-state index contributed by atoms with van der Waals surface area (Å²) < 4.78 is 0. The summed E-state index contributed by atoms with van der Waals surface area (Å²) in [6.07, 6.45) is 4.30. The largest absolute Gasteiger partial charge is 0.481 e. The summed E-state index contributed by atoms with van der Waals surface area (Å²) in [5.74, 6) is -0.925. The van der Waals surface area contributed by atoms with Crippen LogP contribution in [0.1, 0.15) is 18.0 Å². The number of nitrogens with zero attached hydrogens (tertiary/aromatic N) is 2. The van der Waals surface area contributed by atoms with Gasteiger partial charge in [0.1, 0.15) is 6.33 Å². The van der Waals surface area contributed by atoms with Gasteiger partial charge in [-0.25, -0.2) is 9.97 Å². The Hall–Kier alpha value is -1.20. The van der Waals surface area contributed by atoms with Gasteiger partial charge in [0, 0.05) is 24.0 Å². The van der Waals surface area contributed by atoms with Gasteiger partial charge < -0.3 is 10.8 Å². The maximum atomic E-state index is 10.3. The Morgan fingerprint density at radius 2 is 2.08 bits per heavy atom. The second-order valence-corrected chi connectivity index (χ2v) is 2.38. The smallest absolute Gasteiger partial charge is 0.305 e. The zero-order valence-corrected chi connectivity index (χ0v) is 7.57. The summed E-state index contributed by atoms with van der Waals surface area (Å²) in [6, 6.07) is -0.524.